The average molecular weight is 231 g/mol. The monoisotopic (exact) mass is 231 g/mol. The van der Waals surface area contributed by atoms with E-state index in [1.807, 2.05) is 4.90 Å². The molecule has 0 atom stereocenters. The Kier molecular flexibility index (Phi) is 2.65. The summed E-state index contributed by atoms with van der Waals surface area (Å²) < 4.78 is 0. The fourth-order valence-electron chi connectivity index (χ4n) is 3.66. The van der Waals surface area contributed by atoms with Crippen molar-refractivity contribution in [3.05, 3.63) is 0 Å². The Morgan fingerprint density at radius 2 is 2.12 bits per heavy atom. The Bertz CT molecular complexity index is 379. The molecule has 3 fully saturated rings. The van der Waals surface area contributed by atoms with E-state index in [2.05, 4.69) is 18.8 Å². The fraction of sp³-hybridized carbons (Fsp3) is 0.800. The normalized spacial score (nSPS) is 36.1. The topological polar surface area (TPSA) is 20.3 Å². The largest absolute Gasteiger partial charge is 0.331 e. The number of carbonyl (C=O) groups excluding carboxylic acids is 1. The zero-order valence-corrected chi connectivity index (χ0v) is 10.7. The molecule has 0 N–H and O–H groups in total. The number of rotatable bonds is 0. The summed E-state index contributed by atoms with van der Waals surface area (Å²) in [5.74, 6) is 7.44. The fourth-order valence-corrected chi connectivity index (χ4v) is 3.66. The molecule has 1 amide bonds. The van der Waals surface area contributed by atoms with E-state index in [9.17, 15) is 4.79 Å². The summed E-state index contributed by atoms with van der Waals surface area (Å²) in [5.41, 5.74) is 0.479. The summed E-state index contributed by atoms with van der Waals surface area (Å²) in [7, 11) is 0. The van der Waals surface area contributed by atoms with Crippen LogP contribution in [0.15, 0.2) is 0 Å². The second-order valence-corrected chi connectivity index (χ2v) is 6.39. The number of hydrogen-bond donors (Lipinski definition) is 0. The van der Waals surface area contributed by atoms with Gasteiger partial charge in [0, 0.05) is 19.0 Å². The van der Waals surface area contributed by atoms with Crippen LogP contribution in [0.2, 0.25) is 0 Å². The van der Waals surface area contributed by atoms with Gasteiger partial charge in [-0.3, -0.25) is 4.79 Å². The van der Waals surface area contributed by atoms with Gasteiger partial charge in [-0.05, 0) is 49.4 Å². The van der Waals surface area contributed by atoms with Gasteiger partial charge >= 0.3 is 0 Å². The molecule has 3 rings (SSSR count). The van der Waals surface area contributed by atoms with Crippen LogP contribution in [0.3, 0.4) is 0 Å². The van der Waals surface area contributed by atoms with E-state index in [4.69, 9.17) is 0 Å². The zero-order chi connectivity index (χ0) is 11.9. The molecular formula is C15H21NO. The summed E-state index contributed by atoms with van der Waals surface area (Å²) in [4.78, 5) is 13.9. The number of hydrogen-bond acceptors (Lipinski definition) is 1. The van der Waals surface area contributed by atoms with Crippen molar-refractivity contribution in [3.63, 3.8) is 0 Å². The highest BCUT2D eigenvalue weighted by Crippen LogP contribution is 2.51. The highest BCUT2D eigenvalue weighted by atomic mass is 16.2. The summed E-state index contributed by atoms with van der Waals surface area (Å²) in [5, 5.41) is 0. The molecular weight excluding hydrogens is 210 g/mol. The molecule has 0 aromatic rings. The standard InChI is InChI=1S/C15H21NO/c1-12-9-15(10-12)7-8-16(11-15)14(17)6-5-13-3-2-4-13/h12-13H,2-4,7-11H2,1H3. The minimum atomic E-state index is 0.0772. The first-order chi connectivity index (χ1) is 8.17. The minimum Gasteiger partial charge on any atom is -0.331 e. The number of amides is 1. The van der Waals surface area contributed by atoms with Crippen LogP contribution in [0.1, 0.15) is 45.4 Å². The Balaban J connectivity index is 1.54. The molecule has 92 valence electrons. The van der Waals surface area contributed by atoms with E-state index in [1.165, 1.54) is 38.5 Å². The van der Waals surface area contributed by atoms with Gasteiger partial charge in [0.15, 0.2) is 0 Å². The smallest absolute Gasteiger partial charge is 0.298 e. The lowest BCUT2D eigenvalue weighted by Crippen LogP contribution is -2.39. The van der Waals surface area contributed by atoms with Crippen molar-refractivity contribution >= 4 is 5.91 Å². The number of likely N-dealkylation sites (tertiary alicyclic amines) is 1. The van der Waals surface area contributed by atoms with Crippen LogP contribution in [-0.4, -0.2) is 23.9 Å². The lowest BCUT2D eigenvalue weighted by atomic mass is 9.62. The van der Waals surface area contributed by atoms with Crippen molar-refractivity contribution < 1.29 is 4.79 Å². The summed E-state index contributed by atoms with van der Waals surface area (Å²) in [6.07, 6.45) is 7.51. The van der Waals surface area contributed by atoms with Gasteiger partial charge in [0.25, 0.3) is 5.91 Å². The third kappa shape index (κ3) is 2.08. The van der Waals surface area contributed by atoms with Crippen LogP contribution in [0.4, 0.5) is 0 Å². The number of carbonyl (C=O) groups is 1. The second kappa shape index (κ2) is 4.05. The van der Waals surface area contributed by atoms with Gasteiger partial charge in [0.1, 0.15) is 0 Å². The maximum absolute atomic E-state index is 12.0. The lowest BCUT2D eigenvalue weighted by Gasteiger charge is -2.43. The van der Waals surface area contributed by atoms with Gasteiger partial charge in [-0.25, -0.2) is 0 Å². The van der Waals surface area contributed by atoms with Gasteiger partial charge in [-0.15, -0.1) is 0 Å². The van der Waals surface area contributed by atoms with Crippen molar-refractivity contribution in [1.29, 1.82) is 0 Å². The summed E-state index contributed by atoms with van der Waals surface area (Å²) >= 11 is 0. The lowest BCUT2D eigenvalue weighted by molar-refractivity contribution is -0.125. The highest BCUT2D eigenvalue weighted by Gasteiger charge is 2.47. The molecule has 0 radical (unpaired) electrons. The zero-order valence-electron chi connectivity index (χ0n) is 10.7. The van der Waals surface area contributed by atoms with Gasteiger partial charge in [-0.2, -0.15) is 0 Å². The third-order valence-electron chi connectivity index (χ3n) is 4.78. The Labute approximate surface area is 104 Å². The first kappa shape index (κ1) is 11.1. The van der Waals surface area contributed by atoms with Crippen LogP contribution < -0.4 is 0 Å². The molecule has 2 saturated carbocycles. The molecule has 1 heterocycles. The molecule has 2 nitrogen and oxygen atoms in total. The third-order valence-corrected chi connectivity index (χ3v) is 4.78. The van der Waals surface area contributed by atoms with Crippen LogP contribution in [0.5, 0.6) is 0 Å². The molecule has 0 unspecified atom stereocenters. The van der Waals surface area contributed by atoms with Crippen LogP contribution in [0.25, 0.3) is 0 Å². The van der Waals surface area contributed by atoms with Crippen molar-refractivity contribution in [2.75, 3.05) is 13.1 Å². The van der Waals surface area contributed by atoms with Gasteiger partial charge in [0.05, 0.1) is 0 Å². The summed E-state index contributed by atoms with van der Waals surface area (Å²) in [6, 6.07) is 0. The predicted octanol–water partition coefficient (Wildman–Crippen LogP) is 2.44. The molecule has 17 heavy (non-hydrogen) atoms. The minimum absolute atomic E-state index is 0.0772. The first-order valence-electron chi connectivity index (χ1n) is 6.97. The van der Waals surface area contributed by atoms with Gasteiger partial charge < -0.3 is 4.90 Å². The van der Waals surface area contributed by atoms with Crippen molar-refractivity contribution in [1.82, 2.24) is 4.90 Å². The maximum Gasteiger partial charge on any atom is 0.298 e. The molecule has 0 bridgehead atoms. The van der Waals surface area contributed by atoms with Crippen molar-refractivity contribution in [2.24, 2.45) is 17.3 Å². The Morgan fingerprint density at radius 1 is 1.35 bits per heavy atom. The van der Waals surface area contributed by atoms with Crippen LogP contribution in [-0.2, 0) is 4.79 Å². The predicted molar refractivity (Wildman–Crippen MR) is 67.1 cm³/mol. The SMILES string of the molecule is CC1CC2(CCN(C(=O)C#CC3CCC3)C2)C1. The van der Waals surface area contributed by atoms with Gasteiger partial charge in [0.2, 0.25) is 0 Å². The number of nitrogens with zero attached hydrogens (tertiary/aromatic N) is 1. The van der Waals surface area contributed by atoms with Crippen LogP contribution in [0, 0.1) is 29.1 Å². The Morgan fingerprint density at radius 3 is 2.71 bits per heavy atom. The highest BCUT2D eigenvalue weighted by molar-refractivity contribution is 5.93. The quantitative estimate of drug-likeness (QED) is 0.586. The molecule has 0 aromatic heterocycles. The van der Waals surface area contributed by atoms with E-state index in [0.29, 0.717) is 11.3 Å². The van der Waals surface area contributed by atoms with E-state index in [1.54, 1.807) is 0 Å². The molecule has 0 aromatic carbocycles. The van der Waals surface area contributed by atoms with Crippen LogP contribution >= 0.6 is 0 Å². The second-order valence-electron chi connectivity index (χ2n) is 6.39. The van der Waals surface area contributed by atoms with Gasteiger partial charge in [-0.1, -0.05) is 19.3 Å². The first-order valence-corrected chi connectivity index (χ1v) is 6.97. The molecule has 1 spiro atoms. The van der Waals surface area contributed by atoms with E-state index < -0.39 is 0 Å². The van der Waals surface area contributed by atoms with E-state index >= 15 is 0 Å². The van der Waals surface area contributed by atoms with Crippen molar-refractivity contribution in [2.45, 2.75) is 45.4 Å². The van der Waals surface area contributed by atoms with Crippen molar-refractivity contribution in [3.8, 4) is 11.8 Å². The average Bonchev–Trinajstić information content (AvgIpc) is 2.59. The molecule has 2 heteroatoms. The van der Waals surface area contributed by atoms with E-state index in [-0.39, 0.29) is 5.91 Å². The molecule has 3 aliphatic rings. The maximum atomic E-state index is 12.0. The summed E-state index contributed by atoms with van der Waals surface area (Å²) in [6.45, 7) is 4.21. The van der Waals surface area contributed by atoms with E-state index in [0.717, 1.165) is 19.0 Å². The Hall–Kier alpha value is -0.970. The molecule has 1 saturated heterocycles. The molecule has 1 aliphatic heterocycles. The molecule has 2 aliphatic carbocycles.